The first kappa shape index (κ1) is 14.3. The van der Waals surface area contributed by atoms with Crippen molar-refractivity contribution in [3.8, 4) is 0 Å². The maximum absolute atomic E-state index is 13.3. The fourth-order valence-corrected chi connectivity index (χ4v) is 3.25. The highest BCUT2D eigenvalue weighted by Crippen LogP contribution is 2.22. The standard InChI is InChI=1S/C14H15FN2O2S/c1-9-5-11(15)8-13(6-9)17-20(18,19)14-4-3-12(16)7-10(14)2/h3-8,17H,16H2,1-2H3. The second kappa shape index (κ2) is 5.13. The second-order valence-corrected chi connectivity index (χ2v) is 6.30. The van der Waals surface area contributed by atoms with Crippen LogP contribution >= 0.6 is 0 Å². The summed E-state index contributed by atoms with van der Waals surface area (Å²) in [6.45, 7) is 3.34. The molecule has 0 aromatic heterocycles. The van der Waals surface area contributed by atoms with Gasteiger partial charge in [0.1, 0.15) is 5.82 Å². The number of nitrogens with one attached hydrogen (secondary N) is 1. The van der Waals surface area contributed by atoms with E-state index in [1.165, 1.54) is 18.2 Å². The second-order valence-electron chi connectivity index (χ2n) is 4.65. The number of aryl methyl sites for hydroxylation is 2. The number of benzene rings is 2. The lowest BCUT2D eigenvalue weighted by Crippen LogP contribution is -2.14. The molecule has 0 atom stereocenters. The van der Waals surface area contributed by atoms with Crippen molar-refractivity contribution in [3.05, 3.63) is 53.3 Å². The minimum atomic E-state index is -3.77. The van der Waals surface area contributed by atoms with Crippen LogP contribution in [0.4, 0.5) is 15.8 Å². The first-order valence-corrected chi connectivity index (χ1v) is 7.42. The van der Waals surface area contributed by atoms with Gasteiger partial charge < -0.3 is 5.73 Å². The number of halogens is 1. The summed E-state index contributed by atoms with van der Waals surface area (Å²) in [5.41, 5.74) is 7.45. The molecule has 0 bridgehead atoms. The molecule has 0 radical (unpaired) electrons. The molecule has 0 aliphatic rings. The minimum Gasteiger partial charge on any atom is -0.399 e. The lowest BCUT2D eigenvalue weighted by molar-refractivity contribution is 0.600. The molecule has 4 nitrogen and oxygen atoms in total. The molecular formula is C14H15FN2O2S. The van der Waals surface area contributed by atoms with Crippen LogP contribution in [0.3, 0.4) is 0 Å². The van der Waals surface area contributed by atoms with Crippen LogP contribution in [-0.2, 0) is 10.0 Å². The smallest absolute Gasteiger partial charge is 0.262 e. The third-order valence-corrected chi connectivity index (χ3v) is 4.32. The SMILES string of the molecule is Cc1cc(F)cc(NS(=O)(=O)c2ccc(N)cc2C)c1. The lowest BCUT2D eigenvalue weighted by Gasteiger charge is -2.11. The van der Waals surface area contributed by atoms with Gasteiger partial charge in [-0.25, -0.2) is 12.8 Å². The monoisotopic (exact) mass is 294 g/mol. The van der Waals surface area contributed by atoms with Gasteiger partial charge in [-0.2, -0.15) is 0 Å². The molecule has 20 heavy (non-hydrogen) atoms. The predicted molar refractivity (Wildman–Crippen MR) is 77.5 cm³/mol. The molecule has 0 spiro atoms. The maximum Gasteiger partial charge on any atom is 0.262 e. The number of nitrogen functional groups attached to an aromatic ring is 1. The zero-order chi connectivity index (χ0) is 14.9. The Bertz CT molecular complexity index is 738. The third-order valence-electron chi connectivity index (χ3n) is 2.78. The van der Waals surface area contributed by atoms with E-state index < -0.39 is 15.8 Å². The summed E-state index contributed by atoms with van der Waals surface area (Å²) in [6, 6.07) is 8.54. The normalized spacial score (nSPS) is 11.3. The molecular weight excluding hydrogens is 279 g/mol. The Morgan fingerprint density at radius 2 is 1.80 bits per heavy atom. The van der Waals surface area contributed by atoms with Crippen LogP contribution < -0.4 is 10.5 Å². The molecule has 6 heteroatoms. The summed E-state index contributed by atoms with van der Waals surface area (Å²) in [4.78, 5) is 0.119. The zero-order valence-corrected chi connectivity index (χ0v) is 12.0. The van der Waals surface area contributed by atoms with Crippen LogP contribution in [0.15, 0.2) is 41.3 Å². The first-order chi connectivity index (χ1) is 9.28. The van der Waals surface area contributed by atoms with Crippen molar-refractivity contribution in [3.63, 3.8) is 0 Å². The Morgan fingerprint density at radius 3 is 2.40 bits per heavy atom. The Kier molecular flexibility index (Phi) is 3.67. The van der Waals surface area contributed by atoms with Gasteiger partial charge in [-0.15, -0.1) is 0 Å². The highest BCUT2D eigenvalue weighted by Gasteiger charge is 2.17. The molecule has 0 aliphatic heterocycles. The Morgan fingerprint density at radius 1 is 1.10 bits per heavy atom. The quantitative estimate of drug-likeness (QED) is 0.855. The first-order valence-electron chi connectivity index (χ1n) is 5.94. The third kappa shape index (κ3) is 3.08. The van der Waals surface area contributed by atoms with E-state index in [2.05, 4.69) is 4.72 Å². The molecule has 0 aliphatic carbocycles. The van der Waals surface area contributed by atoms with Gasteiger partial charge in [-0.3, -0.25) is 4.72 Å². The Labute approximate surface area is 117 Å². The van der Waals surface area contributed by atoms with Crippen molar-refractivity contribution in [2.75, 3.05) is 10.5 Å². The molecule has 0 fully saturated rings. The average molecular weight is 294 g/mol. The van der Waals surface area contributed by atoms with Crippen molar-refractivity contribution in [2.45, 2.75) is 18.7 Å². The van der Waals surface area contributed by atoms with Gasteiger partial charge >= 0.3 is 0 Å². The van der Waals surface area contributed by atoms with Crippen molar-refractivity contribution in [2.24, 2.45) is 0 Å². The zero-order valence-electron chi connectivity index (χ0n) is 11.1. The van der Waals surface area contributed by atoms with Gasteiger partial charge in [0, 0.05) is 5.69 Å². The van der Waals surface area contributed by atoms with Crippen LogP contribution in [0, 0.1) is 19.7 Å². The highest BCUT2D eigenvalue weighted by atomic mass is 32.2. The van der Waals surface area contributed by atoms with Crippen LogP contribution in [-0.4, -0.2) is 8.42 Å². The van der Waals surface area contributed by atoms with Gasteiger partial charge in [0.15, 0.2) is 0 Å². The molecule has 2 aromatic rings. The van der Waals surface area contributed by atoms with Gasteiger partial charge in [0.25, 0.3) is 10.0 Å². The van der Waals surface area contributed by atoms with Crippen molar-refractivity contribution < 1.29 is 12.8 Å². The van der Waals surface area contributed by atoms with Crippen molar-refractivity contribution in [1.29, 1.82) is 0 Å². The molecule has 0 heterocycles. The summed E-state index contributed by atoms with van der Waals surface area (Å²) < 4.78 is 40.2. The fourth-order valence-electron chi connectivity index (χ4n) is 1.98. The van der Waals surface area contributed by atoms with Crippen molar-refractivity contribution in [1.82, 2.24) is 0 Å². The molecule has 3 N–H and O–H groups in total. The average Bonchev–Trinajstić information content (AvgIpc) is 2.25. The van der Waals surface area contributed by atoms with E-state index in [9.17, 15) is 12.8 Å². The van der Waals surface area contributed by atoms with Gasteiger partial charge in [0.05, 0.1) is 10.6 Å². The van der Waals surface area contributed by atoms with E-state index in [1.807, 2.05) is 0 Å². The highest BCUT2D eigenvalue weighted by molar-refractivity contribution is 7.92. The Hall–Kier alpha value is -2.08. The van der Waals surface area contributed by atoms with Crippen LogP contribution in [0.5, 0.6) is 0 Å². The summed E-state index contributed by atoms with van der Waals surface area (Å²) in [5.74, 6) is -0.489. The van der Waals surface area contributed by atoms with E-state index in [0.29, 0.717) is 16.8 Å². The largest absolute Gasteiger partial charge is 0.399 e. The molecule has 2 rings (SSSR count). The topological polar surface area (TPSA) is 72.2 Å². The van der Waals surface area contributed by atoms with Gasteiger partial charge in [-0.05, 0) is 61.4 Å². The number of anilines is 2. The van der Waals surface area contributed by atoms with Crippen LogP contribution in [0.2, 0.25) is 0 Å². The number of hydrogen-bond acceptors (Lipinski definition) is 3. The van der Waals surface area contributed by atoms with E-state index in [-0.39, 0.29) is 10.6 Å². The molecule has 0 amide bonds. The lowest BCUT2D eigenvalue weighted by atomic mass is 10.2. The van der Waals surface area contributed by atoms with E-state index in [4.69, 9.17) is 5.73 Å². The number of sulfonamides is 1. The summed E-state index contributed by atoms with van der Waals surface area (Å²) in [6.07, 6.45) is 0. The maximum atomic E-state index is 13.3. The summed E-state index contributed by atoms with van der Waals surface area (Å²) >= 11 is 0. The predicted octanol–water partition coefficient (Wildman–Crippen LogP) is 2.83. The molecule has 0 saturated carbocycles. The van der Waals surface area contributed by atoms with E-state index >= 15 is 0 Å². The summed E-state index contributed by atoms with van der Waals surface area (Å²) in [7, 11) is -3.77. The molecule has 2 aromatic carbocycles. The molecule has 0 saturated heterocycles. The summed E-state index contributed by atoms with van der Waals surface area (Å²) in [5, 5.41) is 0. The van der Waals surface area contributed by atoms with E-state index in [1.54, 1.807) is 26.0 Å². The Balaban J connectivity index is 2.40. The van der Waals surface area contributed by atoms with Crippen LogP contribution in [0.1, 0.15) is 11.1 Å². The van der Waals surface area contributed by atoms with E-state index in [0.717, 1.165) is 6.07 Å². The van der Waals surface area contributed by atoms with Gasteiger partial charge in [0.2, 0.25) is 0 Å². The van der Waals surface area contributed by atoms with Crippen molar-refractivity contribution >= 4 is 21.4 Å². The van der Waals surface area contributed by atoms with Gasteiger partial charge in [-0.1, -0.05) is 0 Å². The number of rotatable bonds is 3. The fraction of sp³-hybridized carbons (Fsp3) is 0.143. The number of hydrogen-bond donors (Lipinski definition) is 2. The molecule has 106 valence electrons. The minimum absolute atomic E-state index is 0.119. The van der Waals surface area contributed by atoms with Crippen LogP contribution in [0.25, 0.3) is 0 Å². The number of nitrogens with two attached hydrogens (primary N) is 1. The molecule has 0 unspecified atom stereocenters.